The summed E-state index contributed by atoms with van der Waals surface area (Å²) in [6.07, 6.45) is 5.19. The molecule has 1 unspecified atom stereocenters. The summed E-state index contributed by atoms with van der Waals surface area (Å²) in [5.41, 5.74) is 7.12. The smallest absolute Gasteiger partial charge is 0.255 e. The van der Waals surface area contributed by atoms with Crippen LogP contribution in [0.5, 0.6) is 0 Å². The Morgan fingerprint density at radius 1 is 1.05 bits per heavy atom. The van der Waals surface area contributed by atoms with Gasteiger partial charge in [0.2, 0.25) is 11.8 Å². The van der Waals surface area contributed by atoms with Crippen molar-refractivity contribution >= 4 is 28.5 Å². The minimum atomic E-state index is -1.14. The van der Waals surface area contributed by atoms with E-state index >= 15 is 0 Å². The van der Waals surface area contributed by atoms with Crippen molar-refractivity contribution in [3.63, 3.8) is 0 Å². The molecule has 11 heteroatoms. The molecule has 188 valence electrons. The van der Waals surface area contributed by atoms with Crippen LogP contribution >= 0.6 is 0 Å². The Hall–Kier alpha value is -4.25. The monoisotopic (exact) mass is 498 g/mol. The number of hydrogen-bond acceptors (Lipinski definition) is 8. The van der Waals surface area contributed by atoms with E-state index in [2.05, 4.69) is 15.1 Å². The second-order valence-corrected chi connectivity index (χ2v) is 10.1. The van der Waals surface area contributed by atoms with Crippen molar-refractivity contribution in [2.75, 3.05) is 32.0 Å². The van der Waals surface area contributed by atoms with E-state index in [1.165, 1.54) is 4.52 Å². The number of nitrogen functional groups attached to an aromatic ring is 1. The number of likely N-dealkylation sites (tertiary alicyclic amines) is 1. The molecule has 1 amide bonds. The number of fused-ring (bicyclic) bond motifs is 3. The molecular weight excluding hydrogens is 472 g/mol. The third kappa shape index (κ3) is 3.20. The number of nitrogens with zero attached hydrogens (tertiary/aromatic N) is 7. The first-order valence-electron chi connectivity index (χ1n) is 12.4. The van der Waals surface area contributed by atoms with E-state index in [0.29, 0.717) is 41.4 Å². The van der Waals surface area contributed by atoms with Crippen molar-refractivity contribution in [1.29, 1.82) is 0 Å². The molecule has 4 aromatic heterocycles. The third-order valence-electron chi connectivity index (χ3n) is 7.84. The zero-order chi connectivity index (χ0) is 25.2. The van der Waals surface area contributed by atoms with Crippen molar-refractivity contribution < 1.29 is 13.9 Å². The van der Waals surface area contributed by atoms with Crippen LogP contribution in [0, 0.1) is 5.41 Å². The van der Waals surface area contributed by atoms with Gasteiger partial charge in [-0.25, -0.2) is 9.67 Å². The molecule has 0 aliphatic carbocycles. The van der Waals surface area contributed by atoms with Gasteiger partial charge in [-0.3, -0.25) is 4.79 Å². The summed E-state index contributed by atoms with van der Waals surface area (Å²) in [7, 11) is 0. The predicted octanol–water partition coefficient (Wildman–Crippen LogP) is 2.72. The standard InChI is InChI=1S/C26H26N8O3/c1-25(17-6-3-2-4-7-17,23(35)32-15-26(16-32)9-12-36-13-10-26)34-22-18(14-28-34)21-29-20(19-8-5-11-37-19)31-33(21)24(27)30-22/h2-8,11,14H,9-10,12-13,15-16H2,1H3,(H2,27,30). The molecule has 0 saturated carbocycles. The van der Waals surface area contributed by atoms with Gasteiger partial charge in [-0.1, -0.05) is 30.3 Å². The van der Waals surface area contributed by atoms with Crippen LogP contribution in [0.1, 0.15) is 25.3 Å². The van der Waals surface area contributed by atoms with E-state index in [4.69, 9.17) is 20.0 Å². The van der Waals surface area contributed by atoms with Crippen LogP contribution in [0.2, 0.25) is 0 Å². The molecule has 2 aliphatic heterocycles. The van der Waals surface area contributed by atoms with Gasteiger partial charge in [-0.2, -0.15) is 14.6 Å². The lowest BCUT2D eigenvalue weighted by molar-refractivity contribution is -0.157. The van der Waals surface area contributed by atoms with Gasteiger partial charge >= 0.3 is 0 Å². The summed E-state index contributed by atoms with van der Waals surface area (Å²) in [6, 6.07) is 13.2. The average Bonchev–Trinajstić information content (AvgIpc) is 3.67. The highest BCUT2D eigenvalue weighted by atomic mass is 16.5. The molecule has 1 spiro atoms. The van der Waals surface area contributed by atoms with E-state index in [1.807, 2.05) is 42.2 Å². The fourth-order valence-electron chi connectivity index (χ4n) is 5.68. The molecule has 2 saturated heterocycles. The molecule has 2 N–H and O–H groups in total. The van der Waals surface area contributed by atoms with Gasteiger partial charge in [0, 0.05) is 31.7 Å². The van der Waals surface area contributed by atoms with E-state index in [9.17, 15) is 4.79 Å². The molecule has 0 radical (unpaired) electrons. The van der Waals surface area contributed by atoms with Crippen molar-refractivity contribution in [3.8, 4) is 11.6 Å². The number of carbonyl (C=O) groups is 1. The Morgan fingerprint density at radius 3 is 2.57 bits per heavy atom. The van der Waals surface area contributed by atoms with Crippen LogP contribution in [0.3, 0.4) is 0 Å². The number of rotatable bonds is 4. The minimum Gasteiger partial charge on any atom is -0.461 e. The Balaban J connectivity index is 1.36. The van der Waals surface area contributed by atoms with Gasteiger partial charge in [-0.15, -0.1) is 5.10 Å². The fraction of sp³-hybridized carbons (Fsp3) is 0.346. The van der Waals surface area contributed by atoms with Crippen LogP contribution < -0.4 is 5.73 Å². The molecule has 7 rings (SSSR count). The first-order valence-corrected chi connectivity index (χ1v) is 12.4. The summed E-state index contributed by atoms with van der Waals surface area (Å²) in [4.78, 5) is 25.5. The van der Waals surface area contributed by atoms with Crippen LogP contribution in [0.4, 0.5) is 5.95 Å². The lowest BCUT2D eigenvalue weighted by atomic mass is 9.72. The predicted molar refractivity (Wildman–Crippen MR) is 134 cm³/mol. The molecule has 1 aromatic carbocycles. The van der Waals surface area contributed by atoms with Crippen molar-refractivity contribution in [1.82, 2.24) is 34.3 Å². The summed E-state index contributed by atoms with van der Waals surface area (Å²) in [5.74, 6) is 1.03. The highest BCUT2D eigenvalue weighted by molar-refractivity contribution is 5.94. The minimum absolute atomic E-state index is 0.0289. The molecule has 5 aromatic rings. The van der Waals surface area contributed by atoms with Crippen molar-refractivity contribution in [2.45, 2.75) is 25.3 Å². The summed E-state index contributed by atoms with van der Waals surface area (Å²) in [6.45, 7) is 4.82. The second kappa shape index (κ2) is 7.87. The van der Waals surface area contributed by atoms with Gasteiger partial charge in [0.1, 0.15) is 0 Å². The fourth-order valence-corrected chi connectivity index (χ4v) is 5.68. The second-order valence-electron chi connectivity index (χ2n) is 10.1. The number of hydrogen-bond donors (Lipinski definition) is 1. The molecular formula is C26H26N8O3. The maximum atomic E-state index is 14.3. The normalized spacial score (nSPS) is 18.8. The zero-order valence-corrected chi connectivity index (χ0v) is 20.4. The first-order chi connectivity index (χ1) is 18.0. The number of ether oxygens (including phenoxy) is 1. The number of nitrogens with two attached hydrogens (primary N) is 1. The van der Waals surface area contributed by atoms with E-state index in [0.717, 1.165) is 31.6 Å². The highest BCUT2D eigenvalue weighted by Gasteiger charge is 2.51. The molecule has 0 bridgehead atoms. The zero-order valence-electron chi connectivity index (χ0n) is 20.4. The summed E-state index contributed by atoms with van der Waals surface area (Å²) >= 11 is 0. The van der Waals surface area contributed by atoms with Gasteiger partial charge in [0.05, 0.1) is 17.8 Å². The number of aromatic nitrogens is 6. The van der Waals surface area contributed by atoms with Crippen LogP contribution in [0.25, 0.3) is 28.3 Å². The largest absolute Gasteiger partial charge is 0.461 e. The van der Waals surface area contributed by atoms with Crippen LogP contribution in [0.15, 0.2) is 59.3 Å². The van der Waals surface area contributed by atoms with Crippen molar-refractivity contribution in [3.05, 3.63) is 60.5 Å². The average molecular weight is 499 g/mol. The van der Waals surface area contributed by atoms with E-state index in [1.54, 1.807) is 29.3 Å². The molecule has 6 heterocycles. The lowest BCUT2D eigenvalue weighted by Gasteiger charge is -2.54. The van der Waals surface area contributed by atoms with Gasteiger partial charge in [-0.05, 0) is 37.5 Å². The molecule has 37 heavy (non-hydrogen) atoms. The molecule has 2 aliphatic rings. The number of furan rings is 1. The Morgan fingerprint density at radius 2 is 1.84 bits per heavy atom. The molecule has 2 fully saturated rings. The summed E-state index contributed by atoms with van der Waals surface area (Å²) < 4.78 is 14.2. The van der Waals surface area contributed by atoms with Gasteiger partial charge in [0.25, 0.3) is 5.91 Å². The maximum Gasteiger partial charge on any atom is 0.255 e. The van der Waals surface area contributed by atoms with Crippen LogP contribution in [-0.2, 0) is 15.1 Å². The van der Waals surface area contributed by atoms with Gasteiger partial charge in [0.15, 0.2) is 22.6 Å². The first kappa shape index (κ1) is 22.0. The lowest BCUT2D eigenvalue weighted by Crippen LogP contribution is -2.64. The number of carbonyl (C=O) groups excluding carboxylic acids is 1. The van der Waals surface area contributed by atoms with E-state index < -0.39 is 5.54 Å². The number of anilines is 1. The summed E-state index contributed by atoms with van der Waals surface area (Å²) in [5, 5.41) is 9.81. The number of amides is 1. The Bertz CT molecular complexity index is 1610. The third-order valence-corrected chi connectivity index (χ3v) is 7.84. The highest BCUT2D eigenvalue weighted by Crippen LogP contribution is 2.43. The Labute approximate surface area is 211 Å². The van der Waals surface area contributed by atoms with Gasteiger partial charge < -0.3 is 19.8 Å². The maximum absolute atomic E-state index is 14.3. The topological polar surface area (TPSA) is 130 Å². The quantitative estimate of drug-likeness (QED) is 0.400. The van der Waals surface area contributed by atoms with Crippen LogP contribution in [-0.4, -0.2) is 66.5 Å². The van der Waals surface area contributed by atoms with Crippen molar-refractivity contribution in [2.24, 2.45) is 5.41 Å². The van der Waals surface area contributed by atoms with E-state index in [-0.39, 0.29) is 17.3 Å². The Kier molecular flexibility index (Phi) is 4.68. The molecule has 11 nitrogen and oxygen atoms in total. The SMILES string of the molecule is CC(C(=O)N1CC2(CCOCC2)C1)(c1ccccc1)n1ncc2c1nc(N)n1nc(-c3ccco3)nc21. The number of benzene rings is 1. The molecule has 1 atom stereocenters.